The molecule has 32 heavy (non-hydrogen) atoms. The van der Waals surface area contributed by atoms with Gasteiger partial charge in [-0.15, -0.1) is 23.1 Å². The first-order valence-corrected chi connectivity index (χ1v) is 11.0. The number of carbonyl (C=O) groups excluding carboxylic acids is 2. The number of nitrogens with one attached hydrogen (secondary N) is 1. The number of hydrogen-bond donors (Lipinski definition) is 4. The molecule has 0 aliphatic carbocycles. The van der Waals surface area contributed by atoms with E-state index in [1.165, 1.54) is 22.0 Å². The quantitative estimate of drug-likeness (QED) is 0.149. The molecule has 4 rings (SSSR count). The molecule has 2 aliphatic rings. The molecule has 168 valence electrons. The molecule has 4 heterocycles. The van der Waals surface area contributed by atoms with Gasteiger partial charge >= 0.3 is 6.16 Å². The van der Waals surface area contributed by atoms with Crippen molar-refractivity contribution < 1.29 is 29.4 Å². The fourth-order valence-electron chi connectivity index (χ4n) is 3.31. The van der Waals surface area contributed by atoms with Crippen molar-refractivity contribution >= 4 is 51.9 Å². The molecule has 1 saturated heterocycles. The minimum absolute atomic E-state index is 0.0696. The van der Waals surface area contributed by atoms with E-state index in [4.69, 9.17) is 10.5 Å². The van der Waals surface area contributed by atoms with Crippen LogP contribution in [0.5, 0.6) is 0 Å². The highest BCUT2D eigenvalue weighted by Gasteiger charge is 2.54. The van der Waals surface area contributed by atoms with E-state index in [0.29, 0.717) is 17.9 Å². The van der Waals surface area contributed by atoms with Crippen molar-refractivity contribution in [3.63, 3.8) is 0 Å². The first-order valence-electron chi connectivity index (χ1n) is 9.09. The Morgan fingerprint density at radius 1 is 1.47 bits per heavy atom. The lowest BCUT2D eigenvalue weighted by molar-refractivity contribution is -0.148. The van der Waals surface area contributed by atoms with Gasteiger partial charge in [0.2, 0.25) is 5.88 Å². The molecule has 0 spiro atoms. The van der Waals surface area contributed by atoms with Gasteiger partial charge in [0, 0.05) is 29.1 Å². The topological polar surface area (TPSA) is 185 Å². The van der Waals surface area contributed by atoms with Gasteiger partial charge in [0.05, 0.1) is 6.54 Å². The van der Waals surface area contributed by atoms with Crippen LogP contribution in [0.2, 0.25) is 0 Å². The molecule has 2 aliphatic heterocycles. The minimum Gasteiger partial charge on any atom is -0.449 e. The maximum Gasteiger partial charge on any atom is 0.512 e. The summed E-state index contributed by atoms with van der Waals surface area (Å²) in [5.74, 6) is -0.362. The standard InChI is InChI=1S/C17H17N7O6S2/c1-7-19-2-3-23(7)4-8-5-31-15-11(13(26)24(15)14(8)30-17(27)28)21-12(25)10(22-29)9-6-32-16(18)20-9/h2-3,6,11,15,29H,4-5H2,1H3,(H2,18,20)(H,21,25)(H,27,28)/t11?,15-/m0/s1. The van der Waals surface area contributed by atoms with E-state index in [1.807, 2.05) is 0 Å². The SMILES string of the molecule is Cc1nccn1CC1=C(OC(=O)O)N2C(=O)C(NC(=O)C(=NO)c3csc(N)n3)[C@@H]2SC1. The molecule has 0 saturated carbocycles. The predicted octanol–water partition coefficient (Wildman–Crippen LogP) is 0.415. The Balaban J connectivity index is 1.53. The van der Waals surface area contributed by atoms with Crippen molar-refractivity contribution in [1.82, 2.24) is 24.8 Å². The second-order valence-electron chi connectivity index (χ2n) is 6.76. The summed E-state index contributed by atoms with van der Waals surface area (Å²) in [5, 5.41) is 24.9. The van der Waals surface area contributed by atoms with Gasteiger partial charge in [-0.25, -0.2) is 14.8 Å². The number of nitrogens with two attached hydrogens (primary N) is 1. The number of nitrogens with zero attached hydrogens (tertiary/aromatic N) is 5. The van der Waals surface area contributed by atoms with E-state index in [9.17, 15) is 24.7 Å². The Kier molecular flexibility index (Phi) is 5.75. The monoisotopic (exact) mass is 479 g/mol. The Morgan fingerprint density at radius 2 is 2.25 bits per heavy atom. The van der Waals surface area contributed by atoms with Crippen LogP contribution in [0.3, 0.4) is 0 Å². The average Bonchev–Trinajstić information content (AvgIpc) is 3.35. The lowest BCUT2D eigenvalue weighted by Crippen LogP contribution is -2.70. The number of hydrogen-bond acceptors (Lipinski definition) is 11. The van der Waals surface area contributed by atoms with E-state index in [-0.39, 0.29) is 22.4 Å². The lowest BCUT2D eigenvalue weighted by Gasteiger charge is -2.49. The fourth-order valence-corrected chi connectivity index (χ4v) is 5.17. The van der Waals surface area contributed by atoms with Crippen LogP contribution < -0.4 is 11.1 Å². The summed E-state index contributed by atoms with van der Waals surface area (Å²) < 4.78 is 6.75. The molecule has 2 atom stereocenters. The second kappa shape index (κ2) is 8.51. The first kappa shape index (κ1) is 21.6. The number of nitrogen functional groups attached to an aromatic ring is 1. The van der Waals surface area contributed by atoms with Gasteiger partial charge in [-0.3, -0.25) is 14.5 Å². The van der Waals surface area contributed by atoms with Gasteiger partial charge < -0.3 is 30.7 Å². The minimum atomic E-state index is -1.55. The van der Waals surface area contributed by atoms with Gasteiger partial charge in [-0.05, 0) is 6.92 Å². The number of imidazole rings is 1. The van der Waals surface area contributed by atoms with Crippen molar-refractivity contribution in [3.05, 3.63) is 40.7 Å². The normalized spacial score (nSPS) is 20.6. The molecule has 1 fully saturated rings. The second-order valence-corrected chi connectivity index (χ2v) is 8.75. The summed E-state index contributed by atoms with van der Waals surface area (Å²) in [5.41, 5.74) is 5.81. The predicted molar refractivity (Wildman–Crippen MR) is 113 cm³/mol. The molecule has 0 aromatic carbocycles. The van der Waals surface area contributed by atoms with E-state index >= 15 is 0 Å². The molecule has 5 N–H and O–H groups in total. The molecule has 2 amide bonds. The number of carbonyl (C=O) groups is 3. The van der Waals surface area contributed by atoms with Crippen molar-refractivity contribution in [1.29, 1.82) is 0 Å². The number of carboxylic acid groups (broad SMARTS) is 1. The molecular weight excluding hydrogens is 462 g/mol. The zero-order chi connectivity index (χ0) is 23.0. The van der Waals surface area contributed by atoms with Crippen LogP contribution in [0.25, 0.3) is 0 Å². The van der Waals surface area contributed by atoms with Gasteiger partial charge in [-0.2, -0.15) is 0 Å². The largest absolute Gasteiger partial charge is 0.512 e. The van der Waals surface area contributed by atoms with E-state index in [2.05, 4.69) is 20.4 Å². The van der Waals surface area contributed by atoms with Crippen LogP contribution in [0.4, 0.5) is 9.93 Å². The van der Waals surface area contributed by atoms with Crippen LogP contribution in [0.15, 0.2) is 34.4 Å². The van der Waals surface area contributed by atoms with Crippen LogP contribution in [0.1, 0.15) is 11.5 Å². The Bertz CT molecular complexity index is 1160. The first-order chi connectivity index (χ1) is 15.3. The van der Waals surface area contributed by atoms with E-state index in [1.54, 1.807) is 23.9 Å². The number of ether oxygens (including phenoxy) is 1. The molecular formula is C17H17N7O6S2. The summed E-state index contributed by atoms with van der Waals surface area (Å²) in [6.45, 7) is 2.09. The highest BCUT2D eigenvalue weighted by molar-refractivity contribution is 8.00. The van der Waals surface area contributed by atoms with Crippen molar-refractivity contribution in [2.75, 3.05) is 11.5 Å². The van der Waals surface area contributed by atoms with Gasteiger partial charge in [0.25, 0.3) is 11.8 Å². The number of aromatic nitrogens is 3. The molecule has 2 aromatic rings. The van der Waals surface area contributed by atoms with Gasteiger partial charge in [0.15, 0.2) is 10.8 Å². The number of fused-ring (bicyclic) bond motifs is 1. The Labute approximate surface area is 188 Å². The third-order valence-electron chi connectivity index (χ3n) is 4.83. The number of rotatable bonds is 6. The van der Waals surface area contributed by atoms with Crippen LogP contribution >= 0.6 is 23.1 Å². The Morgan fingerprint density at radius 3 is 2.84 bits per heavy atom. The zero-order valence-electron chi connectivity index (χ0n) is 16.5. The molecule has 15 heteroatoms. The third-order valence-corrected chi connectivity index (χ3v) is 6.84. The van der Waals surface area contributed by atoms with E-state index in [0.717, 1.165) is 17.2 Å². The summed E-state index contributed by atoms with van der Waals surface area (Å²) in [6.07, 6.45) is 1.80. The number of anilines is 1. The van der Waals surface area contributed by atoms with Gasteiger partial charge in [-0.1, -0.05) is 5.16 Å². The molecule has 1 unspecified atom stereocenters. The summed E-state index contributed by atoms with van der Waals surface area (Å²) in [4.78, 5) is 45.9. The average molecular weight is 480 g/mol. The van der Waals surface area contributed by atoms with Crippen LogP contribution in [-0.4, -0.2) is 70.6 Å². The molecule has 2 aromatic heterocycles. The van der Waals surface area contributed by atoms with Crippen molar-refractivity contribution in [2.45, 2.75) is 24.9 Å². The summed E-state index contributed by atoms with van der Waals surface area (Å²) >= 11 is 2.40. The number of oxime groups is 1. The van der Waals surface area contributed by atoms with Crippen LogP contribution in [-0.2, 0) is 20.9 Å². The Hall–Kier alpha value is -3.59. The molecule has 0 radical (unpaired) electrons. The lowest BCUT2D eigenvalue weighted by atomic mass is 10.1. The van der Waals surface area contributed by atoms with E-state index < -0.39 is 29.4 Å². The highest BCUT2D eigenvalue weighted by Crippen LogP contribution is 2.41. The highest BCUT2D eigenvalue weighted by atomic mass is 32.2. The number of aryl methyl sites for hydroxylation is 1. The van der Waals surface area contributed by atoms with Crippen molar-refractivity contribution in [2.24, 2.45) is 5.16 Å². The molecule has 0 bridgehead atoms. The number of thioether (sulfide) groups is 1. The fraction of sp³-hybridized carbons (Fsp3) is 0.294. The van der Waals surface area contributed by atoms with Gasteiger partial charge in [0.1, 0.15) is 22.9 Å². The number of β-lactam (4-membered cyclic amide) rings is 1. The maximum absolute atomic E-state index is 12.8. The summed E-state index contributed by atoms with van der Waals surface area (Å²) in [7, 11) is 0. The third kappa shape index (κ3) is 3.87. The smallest absolute Gasteiger partial charge is 0.449 e. The molecule has 13 nitrogen and oxygen atoms in total. The number of thiazole rings is 1. The zero-order valence-corrected chi connectivity index (χ0v) is 18.1. The maximum atomic E-state index is 12.8. The summed E-state index contributed by atoms with van der Waals surface area (Å²) in [6, 6.07) is -0.968. The van der Waals surface area contributed by atoms with Crippen LogP contribution in [0, 0.1) is 6.92 Å². The van der Waals surface area contributed by atoms with Crippen molar-refractivity contribution in [3.8, 4) is 0 Å². The number of amides is 2.